The van der Waals surface area contributed by atoms with Crippen LogP contribution in [-0.4, -0.2) is 32.8 Å². The van der Waals surface area contributed by atoms with E-state index in [0.717, 1.165) is 30.5 Å². The summed E-state index contributed by atoms with van der Waals surface area (Å²) in [7, 11) is 0. The maximum Gasteiger partial charge on any atom is 0.326 e. The zero-order chi connectivity index (χ0) is 19.4. The molecule has 1 aromatic carbocycles. The molecular weight excluding hydrogens is 349 g/mol. The average Bonchev–Trinajstić information content (AvgIpc) is 3.04. The van der Waals surface area contributed by atoms with Gasteiger partial charge in [0.05, 0.1) is 5.69 Å². The monoisotopic (exact) mass is 371 g/mol. The van der Waals surface area contributed by atoms with Gasteiger partial charge in [-0.3, -0.25) is 4.79 Å². The van der Waals surface area contributed by atoms with E-state index in [-0.39, 0.29) is 17.9 Å². The third-order valence-electron chi connectivity index (χ3n) is 4.66. The van der Waals surface area contributed by atoms with Gasteiger partial charge >= 0.3 is 5.97 Å². The molecule has 1 aromatic heterocycles. The summed E-state index contributed by atoms with van der Waals surface area (Å²) >= 11 is 0. The second kappa shape index (κ2) is 8.16. The van der Waals surface area contributed by atoms with E-state index in [2.05, 4.69) is 10.4 Å². The van der Waals surface area contributed by atoms with Crippen LogP contribution < -0.4 is 5.32 Å². The number of nitrogens with zero attached hydrogens (tertiary/aromatic N) is 2. The molecule has 1 atom stereocenters. The van der Waals surface area contributed by atoms with Gasteiger partial charge in [0.15, 0.2) is 5.69 Å². The Morgan fingerprint density at radius 2 is 2.15 bits per heavy atom. The fourth-order valence-electron chi connectivity index (χ4n) is 3.32. The molecule has 6 nitrogen and oxygen atoms in total. The highest BCUT2D eigenvalue weighted by Crippen LogP contribution is 2.27. The molecule has 1 unspecified atom stereocenters. The number of amides is 1. The average molecular weight is 371 g/mol. The van der Waals surface area contributed by atoms with Gasteiger partial charge in [-0.1, -0.05) is 18.2 Å². The van der Waals surface area contributed by atoms with E-state index in [4.69, 9.17) is 0 Å². The zero-order valence-corrected chi connectivity index (χ0v) is 15.1. The summed E-state index contributed by atoms with van der Waals surface area (Å²) in [5, 5.41) is 16.3. The summed E-state index contributed by atoms with van der Waals surface area (Å²) in [5.74, 6) is -1.99. The van der Waals surface area contributed by atoms with Crippen molar-refractivity contribution >= 4 is 11.9 Å². The number of halogens is 1. The smallest absolute Gasteiger partial charge is 0.326 e. The number of carbonyl (C=O) groups excluding carboxylic acids is 1. The number of hydrogen-bond acceptors (Lipinski definition) is 3. The molecule has 3 rings (SSSR count). The third kappa shape index (κ3) is 4.07. The van der Waals surface area contributed by atoms with Crippen molar-refractivity contribution in [1.29, 1.82) is 0 Å². The lowest BCUT2D eigenvalue weighted by atomic mass is 9.95. The lowest BCUT2D eigenvalue weighted by Gasteiger charge is -2.15. The normalized spacial score (nSPS) is 14.7. The number of carbonyl (C=O) groups is 2. The SMILES string of the molecule is C/C=C/CC(NC(=O)c1nn(-c2cccc(F)c2)c2c1CCCC2)C(=O)O. The van der Waals surface area contributed by atoms with Crippen molar-refractivity contribution in [3.05, 3.63) is 59.2 Å². The number of aliphatic carboxylic acids is 1. The number of benzene rings is 1. The molecule has 0 fully saturated rings. The van der Waals surface area contributed by atoms with E-state index in [9.17, 15) is 19.1 Å². The minimum Gasteiger partial charge on any atom is -0.480 e. The van der Waals surface area contributed by atoms with Gasteiger partial charge in [0.1, 0.15) is 11.9 Å². The van der Waals surface area contributed by atoms with Crippen molar-refractivity contribution in [3.63, 3.8) is 0 Å². The topological polar surface area (TPSA) is 84.2 Å². The molecule has 0 saturated carbocycles. The van der Waals surface area contributed by atoms with Crippen LogP contribution in [0.5, 0.6) is 0 Å². The number of fused-ring (bicyclic) bond motifs is 1. The van der Waals surface area contributed by atoms with Crippen LogP contribution in [0.3, 0.4) is 0 Å². The second-order valence-electron chi connectivity index (χ2n) is 6.54. The van der Waals surface area contributed by atoms with Crippen molar-refractivity contribution in [2.75, 3.05) is 0 Å². The number of hydrogen-bond donors (Lipinski definition) is 2. The predicted molar refractivity (Wildman–Crippen MR) is 98.5 cm³/mol. The fraction of sp³-hybridized carbons (Fsp3) is 0.350. The van der Waals surface area contributed by atoms with Gasteiger partial charge in [0, 0.05) is 11.3 Å². The Labute approximate surface area is 156 Å². The van der Waals surface area contributed by atoms with E-state index in [1.807, 2.05) is 0 Å². The van der Waals surface area contributed by atoms with Gasteiger partial charge in [-0.2, -0.15) is 5.10 Å². The van der Waals surface area contributed by atoms with Crippen molar-refractivity contribution in [2.24, 2.45) is 0 Å². The number of carboxylic acid groups (broad SMARTS) is 1. The van der Waals surface area contributed by atoms with Gasteiger partial charge in [0.25, 0.3) is 5.91 Å². The van der Waals surface area contributed by atoms with Crippen LogP contribution in [0.4, 0.5) is 4.39 Å². The van der Waals surface area contributed by atoms with Crippen molar-refractivity contribution in [1.82, 2.24) is 15.1 Å². The molecule has 1 amide bonds. The number of nitrogens with one attached hydrogen (secondary N) is 1. The molecule has 0 bridgehead atoms. The highest BCUT2D eigenvalue weighted by atomic mass is 19.1. The van der Waals surface area contributed by atoms with E-state index < -0.39 is 17.9 Å². The van der Waals surface area contributed by atoms with Gasteiger partial charge < -0.3 is 10.4 Å². The molecule has 0 saturated heterocycles. The minimum absolute atomic E-state index is 0.199. The van der Waals surface area contributed by atoms with Crippen LogP contribution in [0.25, 0.3) is 5.69 Å². The predicted octanol–water partition coefficient (Wildman–Crippen LogP) is 3.04. The largest absolute Gasteiger partial charge is 0.480 e. The van der Waals surface area contributed by atoms with E-state index in [1.165, 1.54) is 12.1 Å². The zero-order valence-electron chi connectivity index (χ0n) is 15.1. The lowest BCUT2D eigenvalue weighted by Crippen LogP contribution is -2.41. The van der Waals surface area contributed by atoms with Gasteiger partial charge in [-0.05, 0) is 57.2 Å². The first-order chi connectivity index (χ1) is 13.0. The molecule has 7 heteroatoms. The fourth-order valence-corrected chi connectivity index (χ4v) is 3.32. The van der Waals surface area contributed by atoms with Crippen LogP contribution in [0.1, 0.15) is 47.9 Å². The first-order valence-corrected chi connectivity index (χ1v) is 9.02. The number of allylic oxidation sites excluding steroid dienone is 1. The second-order valence-corrected chi connectivity index (χ2v) is 6.54. The minimum atomic E-state index is -1.10. The molecule has 2 aromatic rings. The molecule has 0 aliphatic heterocycles. The highest BCUT2D eigenvalue weighted by Gasteiger charge is 2.28. The quantitative estimate of drug-likeness (QED) is 0.765. The Balaban J connectivity index is 1.95. The van der Waals surface area contributed by atoms with E-state index in [1.54, 1.807) is 35.9 Å². The van der Waals surface area contributed by atoms with E-state index in [0.29, 0.717) is 12.1 Å². The first-order valence-electron chi connectivity index (χ1n) is 9.02. The molecule has 0 radical (unpaired) electrons. The number of carboxylic acids is 1. The molecule has 1 aliphatic rings. The van der Waals surface area contributed by atoms with Crippen LogP contribution in [0.15, 0.2) is 36.4 Å². The molecule has 1 aliphatic carbocycles. The Hall–Kier alpha value is -2.96. The Kier molecular flexibility index (Phi) is 5.69. The van der Waals surface area contributed by atoms with Crippen molar-refractivity contribution in [3.8, 4) is 5.69 Å². The standard InChI is InChI=1S/C20H22FN3O3/c1-2-3-10-16(20(26)27)22-19(25)18-15-9-4-5-11-17(15)24(23-18)14-8-6-7-13(21)12-14/h2-3,6-8,12,16H,4-5,9-11H2,1H3,(H,22,25)(H,26,27)/b3-2+. The maximum absolute atomic E-state index is 13.6. The van der Waals surface area contributed by atoms with Crippen LogP contribution in [0, 0.1) is 5.82 Å². The van der Waals surface area contributed by atoms with Crippen LogP contribution in [-0.2, 0) is 17.6 Å². The van der Waals surface area contributed by atoms with Crippen molar-refractivity contribution < 1.29 is 19.1 Å². The van der Waals surface area contributed by atoms with Gasteiger partial charge in [-0.25, -0.2) is 13.9 Å². The third-order valence-corrected chi connectivity index (χ3v) is 4.66. The maximum atomic E-state index is 13.6. The summed E-state index contributed by atoms with van der Waals surface area (Å²) < 4.78 is 15.2. The summed E-state index contributed by atoms with van der Waals surface area (Å²) in [6, 6.07) is 5.03. The Morgan fingerprint density at radius 1 is 1.37 bits per heavy atom. The molecule has 142 valence electrons. The lowest BCUT2D eigenvalue weighted by molar-refractivity contribution is -0.139. The summed E-state index contributed by atoms with van der Waals surface area (Å²) in [5.41, 5.74) is 2.48. The Bertz CT molecular complexity index is 889. The number of rotatable bonds is 6. The molecule has 2 N–H and O–H groups in total. The van der Waals surface area contributed by atoms with Crippen molar-refractivity contribution in [2.45, 2.75) is 45.1 Å². The van der Waals surface area contributed by atoms with E-state index >= 15 is 0 Å². The van der Waals surface area contributed by atoms with Crippen LogP contribution in [0.2, 0.25) is 0 Å². The summed E-state index contributed by atoms with van der Waals surface area (Å²) in [4.78, 5) is 24.2. The Morgan fingerprint density at radius 3 is 2.85 bits per heavy atom. The highest BCUT2D eigenvalue weighted by molar-refractivity contribution is 5.96. The summed E-state index contributed by atoms with van der Waals surface area (Å²) in [6.45, 7) is 1.79. The summed E-state index contributed by atoms with van der Waals surface area (Å²) in [6.07, 6.45) is 6.97. The molecule has 0 spiro atoms. The van der Waals surface area contributed by atoms with Crippen LogP contribution >= 0.6 is 0 Å². The van der Waals surface area contributed by atoms with Gasteiger partial charge in [0.2, 0.25) is 0 Å². The molecule has 1 heterocycles. The molecular formula is C20H22FN3O3. The first kappa shape index (κ1) is 18.8. The number of aromatic nitrogens is 2. The van der Waals surface area contributed by atoms with Gasteiger partial charge in [-0.15, -0.1) is 0 Å². The molecule has 27 heavy (non-hydrogen) atoms.